The third-order valence-corrected chi connectivity index (χ3v) is 2.21. The van der Waals surface area contributed by atoms with E-state index in [0.717, 1.165) is 0 Å². The van der Waals surface area contributed by atoms with Crippen LogP contribution in [0.15, 0.2) is 30.9 Å². The molecule has 13 heavy (non-hydrogen) atoms. The molecule has 0 bridgehead atoms. The second-order valence-electron chi connectivity index (χ2n) is 3.44. The summed E-state index contributed by atoms with van der Waals surface area (Å²) in [7, 11) is 0. The predicted molar refractivity (Wildman–Crippen MR) is 59.2 cm³/mol. The largest absolute Gasteiger partial charge is 0.379 e. The summed E-state index contributed by atoms with van der Waals surface area (Å²) in [6.07, 6.45) is 1.91. The Morgan fingerprint density at radius 2 is 1.85 bits per heavy atom. The van der Waals surface area contributed by atoms with Crippen LogP contribution < -0.4 is 5.32 Å². The van der Waals surface area contributed by atoms with Crippen molar-refractivity contribution in [3.63, 3.8) is 0 Å². The molecule has 0 heterocycles. The van der Waals surface area contributed by atoms with Crippen molar-refractivity contribution in [2.45, 2.75) is 26.8 Å². The molecule has 1 aromatic rings. The van der Waals surface area contributed by atoms with Crippen LogP contribution in [0.25, 0.3) is 0 Å². The maximum Gasteiger partial charge on any atom is 0.0413 e. The molecule has 1 nitrogen and oxygen atoms in total. The minimum absolute atomic E-state index is 0.319. The third-order valence-electron chi connectivity index (χ3n) is 2.21. The van der Waals surface area contributed by atoms with Crippen LogP contribution in [-0.4, -0.2) is 6.04 Å². The number of benzene rings is 1. The van der Waals surface area contributed by atoms with Gasteiger partial charge in [-0.1, -0.05) is 24.3 Å². The summed E-state index contributed by atoms with van der Waals surface area (Å²) in [4.78, 5) is 0. The minimum Gasteiger partial charge on any atom is -0.379 e. The van der Waals surface area contributed by atoms with Gasteiger partial charge >= 0.3 is 0 Å². The van der Waals surface area contributed by atoms with Crippen molar-refractivity contribution in [2.75, 3.05) is 5.32 Å². The summed E-state index contributed by atoms with van der Waals surface area (Å²) in [5.74, 6) is 0. The number of hydrogen-bond acceptors (Lipinski definition) is 1. The molecule has 0 spiro atoms. The van der Waals surface area contributed by atoms with Gasteiger partial charge in [0.15, 0.2) is 0 Å². The lowest BCUT2D eigenvalue weighted by atomic mass is 10.1. The van der Waals surface area contributed by atoms with Crippen molar-refractivity contribution >= 4 is 5.69 Å². The molecule has 0 aliphatic carbocycles. The summed E-state index contributed by atoms with van der Waals surface area (Å²) >= 11 is 0. The molecular formula is C12H17N. The van der Waals surface area contributed by atoms with Crippen LogP contribution in [-0.2, 0) is 0 Å². The summed E-state index contributed by atoms with van der Waals surface area (Å²) in [6.45, 7) is 10.1. The Morgan fingerprint density at radius 1 is 1.31 bits per heavy atom. The molecule has 0 radical (unpaired) electrons. The molecule has 0 aromatic heterocycles. The van der Waals surface area contributed by atoms with Crippen molar-refractivity contribution in [2.24, 2.45) is 0 Å². The van der Waals surface area contributed by atoms with Crippen molar-refractivity contribution < 1.29 is 0 Å². The van der Waals surface area contributed by atoms with Gasteiger partial charge in [0.2, 0.25) is 0 Å². The van der Waals surface area contributed by atoms with Crippen molar-refractivity contribution in [1.82, 2.24) is 0 Å². The molecular weight excluding hydrogens is 158 g/mol. The zero-order valence-corrected chi connectivity index (χ0v) is 8.59. The summed E-state index contributed by atoms with van der Waals surface area (Å²) in [5.41, 5.74) is 3.80. The zero-order chi connectivity index (χ0) is 9.84. The first-order valence-corrected chi connectivity index (χ1v) is 4.60. The van der Waals surface area contributed by atoms with Crippen LogP contribution in [0.4, 0.5) is 5.69 Å². The number of nitrogens with one attached hydrogen (secondary N) is 1. The fourth-order valence-corrected chi connectivity index (χ4v) is 1.33. The molecule has 0 aliphatic heterocycles. The first-order chi connectivity index (χ1) is 6.15. The fourth-order valence-electron chi connectivity index (χ4n) is 1.33. The van der Waals surface area contributed by atoms with Crippen LogP contribution in [0, 0.1) is 13.8 Å². The van der Waals surface area contributed by atoms with Gasteiger partial charge in [0, 0.05) is 11.7 Å². The third kappa shape index (κ3) is 2.35. The molecule has 0 aliphatic rings. The van der Waals surface area contributed by atoms with E-state index in [1.54, 1.807) is 0 Å². The van der Waals surface area contributed by atoms with Crippen LogP contribution in [0.1, 0.15) is 18.1 Å². The van der Waals surface area contributed by atoms with E-state index < -0.39 is 0 Å². The van der Waals surface area contributed by atoms with Crippen LogP contribution in [0.5, 0.6) is 0 Å². The molecule has 0 saturated heterocycles. The maximum absolute atomic E-state index is 3.75. The molecule has 1 aromatic carbocycles. The second kappa shape index (κ2) is 4.13. The molecule has 70 valence electrons. The van der Waals surface area contributed by atoms with Gasteiger partial charge in [-0.3, -0.25) is 0 Å². The van der Waals surface area contributed by atoms with Gasteiger partial charge in [-0.25, -0.2) is 0 Å². The second-order valence-corrected chi connectivity index (χ2v) is 3.44. The summed E-state index contributed by atoms with van der Waals surface area (Å²) in [6, 6.07) is 6.63. The van der Waals surface area contributed by atoms with Gasteiger partial charge in [-0.2, -0.15) is 0 Å². The van der Waals surface area contributed by atoms with E-state index in [-0.39, 0.29) is 0 Å². The average Bonchev–Trinajstić information content (AvgIpc) is 2.11. The van der Waals surface area contributed by atoms with E-state index in [2.05, 4.69) is 50.9 Å². The monoisotopic (exact) mass is 175 g/mol. The topological polar surface area (TPSA) is 12.0 Å². The van der Waals surface area contributed by atoms with Crippen LogP contribution in [0.2, 0.25) is 0 Å². The first kappa shape index (κ1) is 9.85. The highest BCUT2D eigenvalue weighted by molar-refractivity contribution is 5.57. The lowest BCUT2D eigenvalue weighted by molar-refractivity contribution is 0.993. The van der Waals surface area contributed by atoms with E-state index in [9.17, 15) is 0 Å². The Hall–Kier alpha value is -1.24. The van der Waals surface area contributed by atoms with Gasteiger partial charge < -0.3 is 5.32 Å². The number of aryl methyl sites for hydroxylation is 2. The average molecular weight is 175 g/mol. The predicted octanol–water partition coefficient (Wildman–Crippen LogP) is 3.29. The van der Waals surface area contributed by atoms with Gasteiger partial charge in [0.25, 0.3) is 0 Å². The van der Waals surface area contributed by atoms with Crippen molar-refractivity contribution in [1.29, 1.82) is 0 Å². The SMILES string of the molecule is C=C[C@H](C)Nc1c(C)cccc1C. The van der Waals surface area contributed by atoms with Crippen molar-refractivity contribution in [3.05, 3.63) is 42.0 Å². The van der Waals surface area contributed by atoms with Gasteiger partial charge in [-0.15, -0.1) is 6.58 Å². The smallest absolute Gasteiger partial charge is 0.0413 e. The molecule has 0 unspecified atom stereocenters. The first-order valence-electron chi connectivity index (χ1n) is 4.60. The molecule has 1 rings (SSSR count). The Balaban J connectivity index is 2.93. The highest BCUT2D eigenvalue weighted by atomic mass is 14.9. The normalized spacial score (nSPS) is 12.2. The lowest BCUT2D eigenvalue weighted by Crippen LogP contribution is -2.13. The summed E-state index contributed by atoms with van der Waals surface area (Å²) < 4.78 is 0. The Morgan fingerprint density at radius 3 is 2.31 bits per heavy atom. The molecule has 1 heteroatoms. The summed E-state index contributed by atoms with van der Waals surface area (Å²) in [5, 5.41) is 3.41. The van der Waals surface area contributed by atoms with Gasteiger partial charge in [0.1, 0.15) is 0 Å². The zero-order valence-electron chi connectivity index (χ0n) is 8.59. The van der Waals surface area contributed by atoms with E-state index in [1.807, 2.05) is 6.08 Å². The minimum atomic E-state index is 0.319. The van der Waals surface area contributed by atoms with E-state index in [0.29, 0.717) is 6.04 Å². The molecule has 0 saturated carbocycles. The van der Waals surface area contributed by atoms with Crippen molar-refractivity contribution in [3.8, 4) is 0 Å². The maximum atomic E-state index is 3.75. The molecule has 1 atom stereocenters. The van der Waals surface area contributed by atoms with Gasteiger partial charge in [-0.05, 0) is 31.9 Å². The van der Waals surface area contributed by atoms with Gasteiger partial charge in [0.05, 0.1) is 0 Å². The van der Waals surface area contributed by atoms with E-state index >= 15 is 0 Å². The van der Waals surface area contributed by atoms with E-state index in [1.165, 1.54) is 16.8 Å². The van der Waals surface area contributed by atoms with Crippen LogP contribution in [0.3, 0.4) is 0 Å². The Labute approximate surface area is 80.5 Å². The number of anilines is 1. The molecule has 1 N–H and O–H groups in total. The number of para-hydroxylation sites is 1. The Bertz CT molecular complexity index is 282. The highest BCUT2D eigenvalue weighted by Gasteiger charge is 2.02. The van der Waals surface area contributed by atoms with E-state index in [4.69, 9.17) is 0 Å². The lowest BCUT2D eigenvalue weighted by Gasteiger charge is -2.15. The molecule has 0 fully saturated rings. The Kier molecular flexibility index (Phi) is 3.13. The number of hydrogen-bond donors (Lipinski definition) is 1. The highest BCUT2D eigenvalue weighted by Crippen LogP contribution is 2.20. The molecule has 0 amide bonds. The van der Waals surface area contributed by atoms with Crippen LogP contribution >= 0.6 is 0 Å². The standard InChI is InChI=1S/C12H17N/c1-5-11(4)13-12-9(2)7-6-8-10(12)3/h5-8,11,13H,1H2,2-4H3/t11-/m0/s1. The fraction of sp³-hybridized carbons (Fsp3) is 0.333. The number of rotatable bonds is 3. The quantitative estimate of drug-likeness (QED) is 0.695.